The van der Waals surface area contributed by atoms with E-state index in [1.807, 2.05) is 0 Å². The van der Waals surface area contributed by atoms with Gasteiger partial charge in [-0.15, -0.1) is 0 Å². The number of carbonyl (C=O) groups is 1. The molecule has 0 bridgehead atoms. The topological polar surface area (TPSA) is 69.6 Å². The second-order valence-corrected chi connectivity index (χ2v) is 3.08. The fraction of sp³-hybridized carbons (Fsp3) is 0.857. The lowest BCUT2D eigenvalue weighted by atomic mass is 9.91. The van der Waals surface area contributed by atoms with Gasteiger partial charge in [0.05, 0.1) is 12.0 Å². The molecular formula is C7H13NO3. The second-order valence-electron chi connectivity index (χ2n) is 3.08. The van der Waals surface area contributed by atoms with E-state index in [9.17, 15) is 9.90 Å². The molecule has 0 spiro atoms. The van der Waals surface area contributed by atoms with Crippen molar-refractivity contribution in [3.8, 4) is 0 Å². The maximum absolute atomic E-state index is 10.3. The number of carboxylic acids is 1. The fourth-order valence-electron chi connectivity index (χ4n) is 1.38. The molecule has 1 aliphatic heterocycles. The van der Waals surface area contributed by atoms with Crippen LogP contribution in [0.25, 0.3) is 0 Å². The van der Waals surface area contributed by atoms with Crippen LogP contribution in [0.3, 0.4) is 0 Å². The Kier molecular flexibility index (Phi) is 2.46. The van der Waals surface area contributed by atoms with Crippen LogP contribution in [0.2, 0.25) is 0 Å². The first-order valence-corrected chi connectivity index (χ1v) is 3.77. The van der Waals surface area contributed by atoms with Gasteiger partial charge in [-0.25, -0.2) is 0 Å². The highest BCUT2D eigenvalue weighted by Gasteiger charge is 2.31. The molecule has 11 heavy (non-hydrogen) atoms. The quantitative estimate of drug-likeness (QED) is 0.511. The van der Waals surface area contributed by atoms with Crippen LogP contribution in [0, 0.1) is 0 Å². The van der Waals surface area contributed by atoms with Gasteiger partial charge in [-0.3, -0.25) is 4.79 Å². The number of carboxylic acid groups (broad SMARTS) is 1. The van der Waals surface area contributed by atoms with Crippen molar-refractivity contribution in [2.45, 2.75) is 24.9 Å². The third-order valence-corrected chi connectivity index (χ3v) is 1.93. The van der Waals surface area contributed by atoms with Crippen molar-refractivity contribution in [2.24, 2.45) is 0 Å². The summed E-state index contributed by atoms with van der Waals surface area (Å²) in [4.78, 5) is 10.3. The highest BCUT2D eigenvalue weighted by Crippen LogP contribution is 2.19. The molecule has 0 aliphatic carbocycles. The summed E-state index contributed by atoms with van der Waals surface area (Å²) in [5.74, 6) is -0.934. The van der Waals surface area contributed by atoms with E-state index in [2.05, 4.69) is 5.32 Å². The molecule has 1 saturated heterocycles. The Balaban J connectivity index is 2.43. The number of piperidine rings is 1. The number of aliphatic hydroxyl groups is 1. The maximum atomic E-state index is 10.3. The molecule has 1 aliphatic rings. The molecule has 0 saturated carbocycles. The molecule has 3 N–H and O–H groups in total. The minimum absolute atomic E-state index is 0.153. The number of aliphatic carboxylic acids is 1. The standard InChI is InChI=1S/C7H13NO3/c9-6(10)4-7(11)2-1-3-8-5-7/h8,11H,1-5H2,(H,9,10)/t7-/m1/s1. The number of hydrogen-bond donors (Lipinski definition) is 3. The SMILES string of the molecule is O=C(O)C[C@]1(O)CCCNC1. The predicted molar refractivity (Wildman–Crippen MR) is 39.3 cm³/mol. The highest BCUT2D eigenvalue weighted by molar-refractivity contribution is 5.68. The third-order valence-electron chi connectivity index (χ3n) is 1.93. The first-order chi connectivity index (χ1) is 5.12. The maximum Gasteiger partial charge on any atom is 0.306 e. The fourth-order valence-corrected chi connectivity index (χ4v) is 1.38. The molecule has 1 fully saturated rings. The van der Waals surface area contributed by atoms with Crippen LogP contribution < -0.4 is 5.32 Å². The second kappa shape index (κ2) is 3.19. The monoisotopic (exact) mass is 159 g/mol. The van der Waals surface area contributed by atoms with Gasteiger partial charge in [0.1, 0.15) is 0 Å². The van der Waals surface area contributed by atoms with E-state index >= 15 is 0 Å². The molecule has 1 heterocycles. The Morgan fingerprint density at radius 3 is 2.82 bits per heavy atom. The molecule has 1 atom stereocenters. The lowest BCUT2D eigenvalue weighted by Gasteiger charge is -2.30. The smallest absolute Gasteiger partial charge is 0.306 e. The summed E-state index contributed by atoms with van der Waals surface area (Å²) >= 11 is 0. The van der Waals surface area contributed by atoms with E-state index in [0.29, 0.717) is 13.0 Å². The largest absolute Gasteiger partial charge is 0.481 e. The van der Waals surface area contributed by atoms with E-state index in [1.54, 1.807) is 0 Å². The molecule has 0 aromatic heterocycles. The van der Waals surface area contributed by atoms with Gasteiger partial charge in [0, 0.05) is 6.54 Å². The molecule has 0 amide bonds. The molecule has 0 aromatic rings. The van der Waals surface area contributed by atoms with Crippen LogP contribution in [0.1, 0.15) is 19.3 Å². The van der Waals surface area contributed by atoms with Crippen molar-refractivity contribution in [1.82, 2.24) is 5.32 Å². The van der Waals surface area contributed by atoms with Crippen LogP contribution in [0.15, 0.2) is 0 Å². The Morgan fingerprint density at radius 2 is 2.36 bits per heavy atom. The first kappa shape index (κ1) is 8.49. The predicted octanol–water partition coefficient (Wildman–Crippen LogP) is -0.424. The summed E-state index contributed by atoms with van der Waals surface area (Å²) in [6, 6.07) is 0. The van der Waals surface area contributed by atoms with Gasteiger partial charge in [0.15, 0.2) is 0 Å². The summed E-state index contributed by atoms with van der Waals surface area (Å²) in [5, 5.41) is 21.0. The van der Waals surface area contributed by atoms with Crippen LogP contribution in [0.5, 0.6) is 0 Å². The van der Waals surface area contributed by atoms with Gasteiger partial charge in [-0.2, -0.15) is 0 Å². The van der Waals surface area contributed by atoms with Crippen molar-refractivity contribution >= 4 is 5.97 Å². The van der Waals surface area contributed by atoms with Crippen molar-refractivity contribution in [3.63, 3.8) is 0 Å². The molecule has 0 radical (unpaired) electrons. The zero-order valence-electron chi connectivity index (χ0n) is 6.34. The van der Waals surface area contributed by atoms with E-state index in [-0.39, 0.29) is 6.42 Å². The molecule has 0 unspecified atom stereocenters. The lowest BCUT2D eigenvalue weighted by Crippen LogP contribution is -2.46. The lowest BCUT2D eigenvalue weighted by molar-refractivity contribution is -0.143. The number of β-amino-alcohol motifs (C(OH)–C–C–N with tert-alkyl or cyclic N) is 1. The highest BCUT2D eigenvalue weighted by atomic mass is 16.4. The average molecular weight is 159 g/mol. The Bertz CT molecular complexity index is 152. The van der Waals surface area contributed by atoms with Crippen LogP contribution in [-0.4, -0.2) is 34.9 Å². The Morgan fingerprint density at radius 1 is 1.64 bits per heavy atom. The summed E-state index contributed by atoms with van der Waals surface area (Å²) < 4.78 is 0. The van der Waals surface area contributed by atoms with Gasteiger partial charge < -0.3 is 15.5 Å². The molecule has 0 aromatic carbocycles. The van der Waals surface area contributed by atoms with E-state index < -0.39 is 11.6 Å². The number of nitrogens with one attached hydrogen (secondary N) is 1. The van der Waals surface area contributed by atoms with Gasteiger partial charge in [0.25, 0.3) is 0 Å². The van der Waals surface area contributed by atoms with E-state index in [4.69, 9.17) is 5.11 Å². The Labute approximate surface area is 65.2 Å². The first-order valence-electron chi connectivity index (χ1n) is 3.77. The van der Waals surface area contributed by atoms with E-state index in [0.717, 1.165) is 13.0 Å². The number of rotatable bonds is 2. The average Bonchev–Trinajstić information content (AvgIpc) is 1.85. The third kappa shape index (κ3) is 2.48. The van der Waals surface area contributed by atoms with Gasteiger partial charge in [-0.1, -0.05) is 0 Å². The van der Waals surface area contributed by atoms with Crippen molar-refractivity contribution < 1.29 is 15.0 Å². The molecule has 1 rings (SSSR count). The van der Waals surface area contributed by atoms with Crippen LogP contribution in [0.4, 0.5) is 0 Å². The Hall–Kier alpha value is -0.610. The summed E-state index contributed by atoms with van der Waals surface area (Å²) in [6.07, 6.45) is 1.29. The van der Waals surface area contributed by atoms with Crippen molar-refractivity contribution in [2.75, 3.05) is 13.1 Å². The zero-order valence-corrected chi connectivity index (χ0v) is 6.34. The van der Waals surface area contributed by atoms with Gasteiger partial charge >= 0.3 is 5.97 Å². The minimum atomic E-state index is -1.01. The van der Waals surface area contributed by atoms with E-state index in [1.165, 1.54) is 0 Å². The minimum Gasteiger partial charge on any atom is -0.481 e. The summed E-state index contributed by atoms with van der Waals surface area (Å²) in [5.41, 5.74) is -1.01. The van der Waals surface area contributed by atoms with Gasteiger partial charge in [0.2, 0.25) is 0 Å². The molecule has 4 heteroatoms. The molecule has 64 valence electrons. The molecule has 4 nitrogen and oxygen atoms in total. The van der Waals surface area contributed by atoms with Gasteiger partial charge in [-0.05, 0) is 19.4 Å². The summed E-state index contributed by atoms with van der Waals surface area (Å²) in [7, 11) is 0. The summed E-state index contributed by atoms with van der Waals surface area (Å²) in [6.45, 7) is 1.28. The van der Waals surface area contributed by atoms with Crippen LogP contribution >= 0.6 is 0 Å². The number of hydrogen-bond acceptors (Lipinski definition) is 3. The van der Waals surface area contributed by atoms with Crippen molar-refractivity contribution in [1.29, 1.82) is 0 Å². The normalized spacial score (nSPS) is 31.7. The zero-order chi connectivity index (χ0) is 8.32. The van der Waals surface area contributed by atoms with Crippen molar-refractivity contribution in [3.05, 3.63) is 0 Å². The molecular weight excluding hydrogens is 146 g/mol. The van der Waals surface area contributed by atoms with Crippen LogP contribution in [-0.2, 0) is 4.79 Å².